The first-order valence-corrected chi connectivity index (χ1v) is 9.99. The van der Waals surface area contributed by atoms with E-state index in [1.165, 1.54) is 16.9 Å². The van der Waals surface area contributed by atoms with E-state index in [2.05, 4.69) is 36.1 Å². The summed E-state index contributed by atoms with van der Waals surface area (Å²) in [6.45, 7) is 5.44. The van der Waals surface area contributed by atoms with Crippen molar-refractivity contribution >= 4 is 17.2 Å². The lowest BCUT2D eigenvalue weighted by Gasteiger charge is -2.32. The van der Waals surface area contributed by atoms with Crippen LogP contribution in [0.15, 0.2) is 40.5 Å². The van der Waals surface area contributed by atoms with E-state index in [4.69, 9.17) is 0 Å². The Balaban J connectivity index is 1.70. The van der Waals surface area contributed by atoms with Crippen molar-refractivity contribution in [2.24, 2.45) is 0 Å². The van der Waals surface area contributed by atoms with Gasteiger partial charge in [0, 0.05) is 42.5 Å². The molecular weight excluding hydrogens is 332 g/mol. The summed E-state index contributed by atoms with van der Waals surface area (Å²) in [6.07, 6.45) is 3.56. The first kappa shape index (κ1) is 17.9. The van der Waals surface area contributed by atoms with E-state index in [1.807, 2.05) is 18.4 Å². The van der Waals surface area contributed by atoms with Crippen molar-refractivity contribution < 1.29 is 4.79 Å². The van der Waals surface area contributed by atoms with Gasteiger partial charge in [0.15, 0.2) is 0 Å². The fourth-order valence-electron chi connectivity index (χ4n) is 3.98. The van der Waals surface area contributed by atoms with Gasteiger partial charge in [0.2, 0.25) is 5.91 Å². The van der Waals surface area contributed by atoms with Crippen molar-refractivity contribution in [3.8, 4) is 0 Å². The molecule has 0 saturated carbocycles. The normalized spacial score (nSPS) is 18.5. The molecule has 3 rings (SSSR count). The molecule has 0 aliphatic carbocycles. The van der Waals surface area contributed by atoms with Gasteiger partial charge in [0.05, 0.1) is 0 Å². The summed E-state index contributed by atoms with van der Waals surface area (Å²) < 4.78 is 1.71. The minimum absolute atomic E-state index is 0.0268. The van der Waals surface area contributed by atoms with Gasteiger partial charge in [-0.2, -0.15) is 0 Å². The van der Waals surface area contributed by atoms with Crippen molar-refractivity contribution in [2.45, 2.75) is 58.0 Å². The largest absolute Gasteiger partial charge is 0.339 e. The third-order valence-corrected chi connectivity index (χ3v) is 6.16. The van der Waals surface area contributed by atoms with Crippen molar-refractivity contribution in [2.75, 3.05) is 6.54 Å². The van der Waals surface area contributed by atoms with E-state index in [0.29, 0.717) is 18.9 Å². The smallest absolute Gasteiger partial charge is 0.307 e. The number of rotatable bonds is 6. The minimum atomic E-state index is 0.0268. The van der Waals surface area contributed by atoms with Gasteiger partial charge in [-0.15, -0.1) is 0 Å². The zero-order valence-corrected chi connectivity index (χ0v) is 15.8. The van der Waals surface area contributed by atoms with E-state index in [1.54, 1.807) is 4.57 Å². The van der Waals surface area contributed by atoms with Gasteiger partial charge in [-0.05, 0) is 31.7 Å². The number of aryl methyl sites for hydroxylation is 1. The van der Waals surface area contributed by atoms with Gasteiger partial charge in [-0.3, -0.25) is 9.59 Å². The molecule has 1 fully saturated rings. The lowest BCUT2D eigenvalue weighted by atomic mass is 9.87. The summed E-state index contributed by atoms with van der Waals surface area (Å²) in [4.78, 5) is 26.8. The van der Waals surface area contributed by atoms with Crippen molar-refractivity contribution in [3.63, 3.8) is 0 Å². The highest BCUT2D eigenvalue weighted by Gasteiger charge is 2.34. The molecule has 2 atom stereocenters. The first-order chi connectivity index (χ1) is 12.1. The Morgan fingerprint density at radius 3 is 2.72 bits per heavy atom. The van der Waals surface area contributed by atoms with Crippen LogP contribution in [0.5, 0.6) is 0 Å². The number of amides is 1. The van der Waals surface area contributed by atoms with E-state index in [0.717, 1.165) is 31.5 Å². The predicted molar refractivity (Wildman–Crippen MR) is 102 cm³/mol. The van der Waals surface area contributed by atoms with Gasteiger partial charge < -0.3 is 9.47 Å². The molecule has 1 aromatic heterocycles. The number of thiazole rings is 1. The second-order valence-corrected chi connectivity index (χ2v) is 7.59. The number of benzene rings is 1. The summed E-state index contributed by atoms with van der Waals surface area (Å²) in [5.74, 6) is 0.563. The maximum atomic E-state index is 12.8. The average Bonchev–Trinajstić information content (AvgIpc) is 3.22. The number of aromatic nitrogens is 1. The summed E-state index contributed by atoms with van der Waals surface area (Å²) in [7, 11) is 0. The molecule has 25 heavy (non-hydrogen) atoms. The topological polar surface area (TPSA) is 42.3 Å². The maximum absolute atomic E-state index is 12.8. The molecule has 4 nitrogen and oxygen atoms in total. The molecule has 1 saturated heterocycles. The van der Waals surface area contributed by atoms with E-state index in [-0.39, 0.29) is 16.8 Å². The second-order valence-electron chi connectivity index (χ2n) is 6.77. The molecular formula is C20H26N2O2S. The van der Waals surface area contributed by atoms with Gasteiger partial charge >= 0.3 is 4.87 Å². The van der Waals surface area contributed by atoms with Crippen LogP contribution in [-0.2, 0) is 11.3 Å². The molecule has 0 spiro atoms. The van der Waals surface area contributed by atoms with Crippen molar-refractivity contribution in [3.05, 3.63) is 56.6 Å². The monoisotopic (exact) mass is 358 g/mol. The average molecular weight is 359 g/mol. The lowest BCUT2D eigenvalue weighted by Crippen LogP contribution is -2.39. The highest BCUT2D eigenvalue weighted by Crippen LogP contribution is 2.33. The molecule has 2 heterocycles. The number of carbonyl (C=O) groups excluding carboxylic acids is 1. The standard InChI is InChI=1S/C20H26N2O2S/c1-3-17(16-8-5-4-6-9-16)18-10-7-12-22(18)19(23)11-13-21-15(2)14-25-20(21)24/h4-6,8-9,14,17-18H,3,7,10-13H2,1-2H3/t17-,18+/m0/s1. The third kappa shape index (κ3) is 3.87. The van der Waals surface area contributed by atoms with Gasteiger partial charge in [0.25, 0.3) is 0 Å². The van der Waals surface area contributed by atoms with Crippen molar-refractivity contribution in [1.29, 1.82) is 0 Å². The van der Waals surface area contributed by atoms with Crippen LogP contribution in [0.25, 0.3) is 0 Å². The van der Waals surface area contributed by atoms with Crippen LogP contribution in [-0.4, -0.2) is 28.0 Å². The zero-order chi connectivity index (χ0) is 17.8. The molecule has 0 bridgehead atoms. The van der Waals surface area contributed by atoms with Crippen molar-refractivity contribution in [1.82, 2.24) is 9.47 Å². The number of hydrogen-bond acceptors (Lipinski definition) is 3. The SMILES string of the molecule is CC[C@@H](c1ccccc1)[C@H]1CCCN1C(=O)CCn1c(C)csc1=O. The highest BCUT2D eigenvalue weighted by atomic mass is 32.1. The summed E-state index contributed by atoms with van der Waals surface area (Å²) >= 11 is 1.20. The van der Waals surface area contributed by atoms with Crippen LogP contribution in [0.3, 0.4) is 0 Å². The molecule has 2 aromatic rings. The molecule has 1 aliphatic rings. The Morgan fingerprint density at radius 1 is 1.32 bits per heavy atom. The molecule has 0 radical (unpaired) electrons. The number of likely N-dealkylation sites (tertiary alicyclic amines) is 1. The Kier molecular flexibility index (Phi) is 5.74. The van der Waals surface area contributed by atoms with Crippen LogP contribution in [0.4, 0.5) is 0 Å². The molecule has 1 amide bonds. The molecule has 0 N–H and O–H groups in total. The molecule has 1 aromatic carbocycles. The Bertz CT molecular complexity index is 766. The lowest BCUT2D eigenvalue weighted by molar-refractivity contribution is -0.132. The zero-order valence-electron chi connectivity index (χ0n) is 15.0. The quantitative estimate of drug-likeness (QED) is 0.788. The summed E-state index contributed by atoms with van der Waals surface area (Å²) in [5.41, 5.74) is 2.26. The fourth-order valence-corrected chi connectivity index (χ4v) is 4.74. The first-order valence-electron chi connectivity index (χ1n) is 9.11. The number of carbonyl (C=O) groups is 1. The van der Waals surface area contributed by atoms with E-state index in [9.17, 15) is 9.59 Å². The molecule has 134 valence electrons. The van der Waals surface area contributed by atoms with Gasteiger partial charge in [0.1, 0.15) is 0 Å². The van der Waals surface area contributed by atoms with Gasteiger partial charge in [-0.25, -0.2) is 0 Å². The van der Waals surface area contributed by atoms with Crippen LogP contribution in [0, 0.1) is 6.92 Å². The summed E-state index contributed by atoms with van der Waals surface area (Å²) in [5, 5.41) is 1.86. The highest BCUT2D eigenvalue weighted by molar-refractivity contribution is 7.07. The Hall–Kier alpha value is -1.88. The summed E-state index contributed by atoms with van der Waals surface area (Å²) in [6, 6.07) is 10.8. The second kappa shape index (κ2) is 8.00. The number of nitrogens with zero attached hydrogens (tertiary/aromatic N) is 2. The van der Waals surface area contributed by atoms with Crippen LogP contribution < -0.4 is 4.87 Å². The predicted octanol–water partition coefficient (Wildman–Crippen LogP) is 3.79. The maximum Gasteiger partial charge on any atom is 0.307 e. The molecule has 5 heteroatoms. The number of hydrogen-bond donors (Lipinski definition) is 0. The Morgan fingerprint density at radius 2 is 2.08 bits per heavy atom. The van der Waals surface area contributed by atoms with Gasteiger partial charge in [-0.1, -0.05) is 48.6 Å². The van der Waals surface area contributed by atoms with Crippen LogP contribution in [0.1, 0.15) is 49.8 Å². The molecule has 0 unspecified atom stereocenters. The van der Waals surface area contributed by atoms with Crippen LogP contribution >= 0.6 is 11.3 Å². The minimum Gasteiger partial charge on any atom is -0.339 e. The Labute approximate surface area is 153 Å². The van der Waals surface area contributed by atoms with Crippen LogP contribution in [0.2, 0.25) is 0 Å². The fraction of sp³-hybridized carbons (Fsp3) is 0.500. The molecule has 1 aliphatic heterocycles. The van der Waals surface area contributed by atoms with E-state index >= 15 is 0 Å². The van der Waals surface area contributed by atoms with E-state index < -0.39 is 0 Å². The third-order valence-electron chi connectivity index (χ3n) is 5.28.